The minimum Gasteiger partial charge on any atom is -0.481 e. The Morgan fingerprint density at radius 3 is 2.57 bits per heavy atom. The van der Waals surface area contributed by atoms with Gasteiger partial charge in [0.15, 0.2) is 0 Å². The number of hydrogen-bond donors (Lipinski definition) is 1. The normalized spacial score (nSPS) is 18.7. The summed E-state index contributed by atoms with van der Waals surface area (Å²) in [5.74, 6) is -0.455. The van der Waals surface area contributed by atoms with Crippen molar-refractivity contribution in [2.24, 2.45) is 5.92 Å². The maximum absolute atomic E-state index is 14.5. The average molecular weight is 540 g/mol. The van der Waals surface area contributed by atoms with Crippen molar-refractivity contribution < 1.29 is 18.8 Å². The van der Waals surface area contributed by atoms with E-state index in [9.17, 15) is 9.18 Å². The number of halogens is 3. The van der Waals surface area contributed by atoms with E-state index in [2.05, 4.69) is 27.2 Å². The summed E-state index contributed by atoms with van der Waals surface area (Å²) in [6, 6.07) is 17.0. The summed E-state index contributed by atoms with van der Waals surface area (Å²) >= 11 is 5.96. The van der Waals surface area contributed by atoms with Gasteiger partial charge in [-0.05, 0) is 66.3 Å². The van der Waals surface area contributed by atoms with Crippen molar-refractivity contribution >= 4 is 30.0 Å². The van der Waals surface area contributed by atoms with Crippen LogP contribution in [0, 0.1) is 18.7 Å². The highest BCUT2D eigenvalue weighted by molar-refractivity contribution is 6.31. The molecule has 1 aliphatic heterocycles. The number of carboxylic acids is 1. The lowest BCUT2D eigenvalue weighted by Crippen LogP contribution is -2.44. The second-order valence-corrected chi connectivity index (χ2v) is 10.0. The van der Waals surface area contributed by atoms with Gasteiger partial charge in [0.25, 0.3) is 5.89 Å². The summed E-state index contributed by atoms with van der Waals surface area (Å²) in [6.45, 7) is 3.54. The minimum absolute atomic E-state index is 0. The number of aliphatic carboxylic acids is 1. The van der Waals surface area contributed by atoms with Crippen molar-refractivity contribution in [2.45, 2.75) is 38.9 Å². The molecular formula is C28H24Cl2FN3O3. The van der Waals surface area contributed by atoms with E-state index in [0.717, 1.165) is 35.3 Å². The van der Waals surface area contributed by atoms with Gasteiger partial charge in [0.2, 0.25) is 5.82 Å². The van der Waals surface area contributed by atoms with Crippen LogP contribution < -0.4 is 0 Å². The molecule has 0 bridgehead atoms. The van der Waals surface area contributed by atoms with Crippen LogP contribution in [-0.2, 0) is 17.9 Å². The number of carbonyl (C=O) groups is 1. The molecule has 37 heavy (non-hydrogen) atoms. The zero-order valence-electron chi connectivity index (χ0n) is 19.9. The Kier molecular flexibility index (Phi) is 6.79. The number of aromatic nitrogens is 2. The van der Waals surface area contributed by atoms with E-state index in [-0.39, 0.29) is 23.3 Å². The van der Waals surface area contributed by atoms with Crippen molar-refractivity contribution in [3.8, 4) is 34.0 Å². The topological polar surface area (TPSA) is 79.5 Å². The van der Waals surface area contributed by atoms with E-state index < -0.39 is 11.8 Å². The second-order valence-electron chi connectivity index (χ2n) is 9.60. The number of carboxylic acid groups (broad SMARTS) is 1. The molecule has 0 amide bonds. The molecule has 190 valence electrons. The zero-order chi connectivity index (χ0) is 25.0. The summed E-state index contributed by atoms with van der Waals surface area (Å²) < 4.78 is 20.1. The molecule has 1 aromatic heterocycles. The SMILES string of the molecule is Cc1cc(-c2nc(-c3ccc4c(c3)CN(C3CC(C(=O)O)C3)C4)no2)ccc1-c1cccc(Cl)c1F.Cl. The average Bonchev–Trinajstić information content (AvgIpc) is 3.47. The van der Waals surface area contributed by atoms with Crippen molar-refractivity contribution in [1.29, 1.82) is 0 Å². The van der Waals surface area contributed by atoms with Gasteiger partial charge in [0.05, 0.1) is 10.9 Å². The molecule has 0 spiro atoms. The number of benzene rings is 3. The van der Waals surface area contributed by atoms with E-state index in [0.29, 0.717) is 36.2 Å². The quantitative estimate of drug-likeness (QED) is 0.301. The molecule has 0 unspecified atom stereocenters. The Bertz CT molecular complexity index is 1500. The summed E-state index contributed by atoms with van der Waals surface area (Å²) in [7, 11) is 0. The Balaban J connectivity index is 0.00000280. The second kappa shape index (κ2) is 9.89. The molecule has 0 atom stereocenters. The molecule has 6 nitrogen and oxygen atoms in total. The fraction of sp³-hybridized carbons (Fsp3) is 0.250. The van der Waals surface area contributed by atoms with Crippen molar-refractivity contribution in [3.63, 3.8) is 0 Å². The maximum atomic E-state index is 14.5. The third kappa shape index (κ3) is 4.63. The Labute approximate surface area is 224 Å². The number of fused-ring (bicyclic) bond motifs is 1. The third-order valence-corrected chi connectivity index (χ3v) is 7.62. The fourth-order valence-corrected chi connectivity index (χ4v) is 5.35. The number of aryl methyl sites for hydroxylation is 1. The van der Waals surface area contributed by atoms with Gasteiger partial charge in [-0.3, -0.25) is 9.69 Å². The van der Waals surface area contributed by atoms with Gasteiger partial charge in [-0.1, -0.05) is 47.1 Å². The van der Waals surface area contributed by atoms with Gasteiger partial charge in [-0.2, -0.15) is 4.98 Å². The smallest absolute Gasteiger partial charge is 0.306 e. The molecule has 1 fully saturated rings. The van der Waals surface area contributed by atoms with Gasteiger partial charge >= 0.3 is 5.97 Å². The molecule has 1 saturated carbocycles. The first kappa shape index (κ1) is 25.4. The van der Waals surface area contributed by atoms with Crippen molar-refractivity contribution in [1.82, 2.24) is 15.0 Å². The number of rotatable bonds is 5. The first-order valence-corrected chi connectivity index (χ1v) is 12.2. The van der Waals surface area contributed by atoms with E-state index >= 15 is 0 Å². The highest BCUT2D eigenvalue weighted by Gasteiger charge is 2.39. The number of nitrogens with zero attached hydrogens (tertiary/aromatic N) is 3. The predicted molar refractivity (Wildman–Crippen MR) is 141 cm³/mol. The first-order valence-electron chi connectivity index (χ1n) is 11.9. The van der Waals surface area contributed by atoms with Gasteiger partial charge in [0.1, 0.15) is 5.82 Å². The molecule has 1 N–H and O–H groups in total. The lowest BCUT2D eigenvalue weighted by molar-refractivity contribution is -0.147. The van der Waals surface area contributed by atoms with Crippen LogP contribution in [0.5, 0.6) is 0 Å². The molecule has 0 radical (unpaired) electrons. The predicted octanol–water partition coefficient (Wildman–Crippen LogP) is 6.77. The largest absolute Gasteiger partial charge is 0.481 e. The maximum Gasteiger partial charge on any atom is 0.306 e. The van der Waals surface area contributed by atoms with Gasteiger partial charge in [0, 0.05) is 35.8 Å². The van der Waals surface area contributed by atoms with Crippen LogP contribution in [0.1, 0.15) is 29.5 Å². The van der Waals surface area contributed by atoms with Crippen LogP contribution in [0.3, 0.4) is 0 Å². The molecule has 4 aromatic rings. The van der Waals surface area contributed by atoms with Crippen LogP contribution in [0.15, 0.2) is 59.1 Å². The molecular weight excluding hydrogens is 516 g/mol. The molecule has 2 heterocycles. The molecule has 6 rings (SSSR count). The van der Waals surface area contributed by atoms with E-state index in [1.807, 2.05) is 31.2 Å². The van der Waals surface area contributed by atoms with Crippen molar-refractivity contribution in [3.05, 3.63) is 82.1 Å². The summed E-state index contributed by atoms with van der Waals surface area (Å²) in [6.07, 6.45) is 1.43. The van der Waals surface area contributed by atoms with E-state index in [1.54, 1.807) is 12.1 Å². The van der Waals surface area contributed by atoms with Gasteiger partial charge in [-0.15, -0.1) is 12.4 Å². The molecule has 3 aromatic carbocycles. The first-order chi connectivity index (χ1) is 17.4. The third-order valence-electron chi connectivity index (χ3n) is 7.33. The molecule has 9 heteroatoms. The lowest BCUT2D eigenvalue weighted by Gasteiger charge is -2.39. The summed E-state index contributed by atoms with van der Waals surface area (Å²) in [5, 5.41) is 13.4. The Morgan fingerprint density at radius 2 is 1.81 bits per heavy atom. The van der Waals surface area contributed by atoms with Crippen LogP contribution in [-0.4, -0.2) is 32.2 Å². The summed E-state index contributed by atoms with van der Waals surface area (Å²) in [5.41, 5.74) is 6.15. The highest BCUT2D eigenvalue weighted by atomic mass is 35.5. The molecule has 0 saturated heterocycles. The van der Waals surface area contributed by atoms with Crippen LogP contribution in [0.2, 0.25) is 5.02 Å². The standard InChI is InChI=1S/C28H23ClFN3O3.ClH/c1-15-9-17(7-8-22(15)23-3-2-4-24(29)25(23)30)27-31-26(32-36-27)16-5-6-18-13-33(14-20(18)10-16)21-11-19(12-21)28(34)35;/h2-10,19,21H,11-14H2,1H3,(H,34,35);1H. The van der Waals surface area contributed by atoms with E-state index in [1.165, 1.54) is 17.2 Å². The Hall–Kier alpha value is -3.26. The minimum atomic E-state index is -0.695. The van der Waals surface area contributed by atoms with Gasteiger partial charge < -0.3 is 9.63 Å². The highest BCUT2D eigenvalue weighted by Crippen LogP contribution is 2.38. The summed E-state index contributed by atoms with van der Waals surface area (Å²) in [4.78, 5) is 18.1. The van der Waals surface area contributed by atoms with Gasteiger partial charge in [-0.25, -0.2) is 4.39 Å². The van der Waals surface area contributed by atoms with Crippen LogP contribution in [0.4, 0.5) is 4.39 Å². The zero-order valence-corrected chi connectivity index (χ0v) is 21.5. The monoisotopic (exact) mass is 539 g/mol. The Morgan fingerprint density at radius 1 is 1.05 bits per heavy atom. The lowest BCUT2D eigenvalue weighted by atomic mass is 9.79. The molecule has 2 aliphatic rings. The molecule has 1 aliphatic carbocycles. The van der Waals surface area contributed by atoms with Crippen LogP contribution in [0.25, 0.3) is 34.0 Å². The van der Waals surface area contributed by atoms with E-state index in [4.69, 9.17) is 21.2 Å². The van der Waals surface area contributed by atoms with Crippen molar-refractivity contribution in [2.75, 3.05) is 0 Å². The van der Waals surface area contributed by atoms with Crippen LogP contribution >= 0.6 is 24.0 Å². The number of hydrogen-bond acceptors (Lipinski definition) is 5. The fourth-order valence-electron chi connectivity index (χ4n) is 5.17.